The lowest BCUT2D eigenvalue weighted by Gasteiger charge is -2.39. The number of fused-ring (bicyclic) bond motifs is 2. The highest BCUT2D eigenvalue weighted by atomic mass is 32.2. The van der Waals surface area contributed by atoms with Crippen molar-refractivity contribution in [1.29, 1.82) is 0 Å². The molecule has 0 N–H and O–H groups in total. The molecule has 2 atom stereocenters. The molecule has 176 valence electrons. The summed E-state index contributed by atoms with van der Waals surface area (Å²) >= 11 is 0. The monoisotopic (exact) mass is 473 g/mol. The molecule has 2 aromatic rings. The maximum Gasteiger partial charge on any atom is 0.338 e. The fourth-order valence-corrected chi connectivity index (χ4v) is 7.36. The molecule has 2 bridgehead atoms. The first kappa shape index (κ1) is 23.6. The van der Waals surface area contributed by atoms with Crippen LogP contribution in [-0.4, -0.2) is 43.7 Å². The van der Waals surface area contributed by atoms with E-state index in [1.54, 1.807) is 4.31 Å². The van der Waals surface area contributed by atoms with Gasteiger partial charge in [0.2, 0.25) is 10.0 Å². The van der Waals surface area contributed by atoms with Gasteiger partial charge in [-0.2, -0.15) is 4.31 Å². The van der Waals surface area contributed by atoms with E-state index in [2.05, 4.69) is 20.8 Å². The normalized spacial score (nSPS) is 24.4. The fourth-order valence-electron chi connectivity index (χ4n) is 5.54. The summed E-state index contributed by atoms with van der Waals surface area (Å²) in [6, 6.07) is 10.6. The molecule has 0 aromatic heterocycles. The van der Waals surface area contributed by atoms with Crippen molar-refractivity contribution in [2.45, 2.75) is 51.0 Å². The Morgan fingerprint density at radius 3 is 2.45 bits per heavy atom. The van der Waals surface area contributed by atoms with Crippen LogP contribution in [-0.2, 0) is 14.8 Å². The molecule has 6 nitrogen and oxygen atoms in total. The summed E-state index contributed by atoms with van der Waals surface area (Å²) in [5.41, 5.74) is 0.287. The first-order valence-corrected chi connectivity index (χ1v) is 12.4. The molecule has 2 aliphatic rings. The predicted molar refractivity (Wildman–Crippen MR) is 121 cm³/mol. The van der Waals surface area contributed by atoms with E-state index < -0.39 is 34.2 Å². The van der Waals surface area contributed by atoms with Gasteiger partial charge in [0.05, 0.1) is 10.5 Å². The number of rotatable bonds is 6. The fraction of sp³-hybridized carbons (Fsp3) is 0.440. The zero-order valence-electron chi connectivity index (χ0n) is 19.0. The van der Waals surface area contributed by atoms with Gasteiger partial charge in [0.1, 0.15) is 5.82 Å². The molecule has 1 aliphatic carbocycles. The number of Topliss-reactive ketones (excluding diaryl/α,β-unsaturated/α-hetero) is 1. The number of carbonyl (C=O) groups excluding carboxylic acids is 2. The molecule has 0 spiro atoms. The van der Waals surface area contributed by atoms with Crippen molar-refractivity contribution >= 4 is 21.8 Å². The highest BCUT2D eigenvalue weighted by Crippen LogP contribution is 2.53. The molecule has 1 saturated heterocycles. The zero-order valence-corrected chi connectivity index (χ0v) is 19.8. The smallest absolute Gasteiger partial charge is 0.338 e. The Balaban J connectivity index is 1.48. The molecule has 1 aliphatic heterocycles. The van der Waals surface area contributed by atoms with Gasteiger partial charge in [-0.25, -0.2) is 17.6 Å². The molecule has 4 rings (SSSR count). The van der Waals surface area contributed by atoms with E-state index in [-0.39, 0.29) is 32.9 Å². The van der Waals surface area contributed by atoms with E-state index in [9.17, 15) is 22.4 Å². The third kappa shape index (κ3) is 4.87. The molecular formula is C25H28FNO5S. The highest BCUT2D eigenvalue weighted by molar-refractivity contribution is 7.89. The molecule has 8 heteroatoms. The summed E-state index contributed by atoms with van der Waals surface area (Å²) in [5.74, 6) is -1.75. The number of esters is 1. The second-order valence-corrected chi connectivity index (χ2v) is 12.2. The summed E-state index contributed by atoms with van der Waals surface area (Å²) in [6.07, 6.45) is 2.61. The number of ether oxygens (including phenoxy) is 1. The number of hydrogen-bond acceptors (Lipinski definition) is 5. The van der Waals surface area contributed by atoms with Crippen molar-refractivity contribution in [2.24, 2.45) is 10.8 Å². The van der Waals surface area contributed by atoms with E-state index in [0.29, 0.717) is 6.54 Å². The minimum Gasteiger partial charge on any atom is -0.454 e. The number of nitrogens with zero attached hydrogens (tertiary/aromatic N) is 1. The van der Waals surface area contributed by atoms with Crippen molar-refractivity contribution in [1.82, 2.24) is 4.31 Å². The van der Waals surface area contributed by atoms with E-state index in [1.807, 2.05) is 0 Å². The van der Waals surface area contributed by atoms with Crippen LogP contribution in [0.2, 0.25) is 0 Å². The zero-order chi connectivity index (χ0) is 24.0. The highest BCUT2D eigenvalue weighted by Gasteiger charge is 2.53. The molecule has 2 aromatic carbocycles. The number of carbonyl (C=O) groups is 2. The van der Waals surface area contributed by atoms with Crippen LogP contribution in [0, 0.1) is 16.6 Å². The topological polar surface area (TPSA) is 80.8 Å². The maximum absolute atomic E-state index is 13.5. The predicted octanol–water partition coefficient (Wildman–Crippen LogP) is 4.45. The van der Waals surface area contributed by atoms with Crippen LogP contribution in [0.15, 0.2) is 53.4 Å². The third-order valence-electron chi connectivity index (χ3n) is 6.54. The van der Waals surface area contributed by atoms with E-state index >= 15 is 0 Å². The Labute approximate surface area is 193 Å². The van der Waals surface area contributed by atoms with Gasteiger partial charge < -0.3 is 4.74 Å². The van der Waals surface area contributed by atoms with Crippen LogP contribution in [0.5, 0.6) is 0 Å². The maximum atomic E-state index is 13.5. The SMILES string of the molecule is CC1(C)C[C@@H]2C[C@@](C)(CN2S(=O)(=O)c2cccc(C(=O)OCC(=O)c3ccc(F)cc3)c2)C1. The lowest BCUT2D eigenvalue weighted by Crippen LogP contribution is -2.37. The number of benzene rings is 2. The van der Waals surface area contributed by atoms with Crippen molar-refractivity contribution in [3.05, 3.63) is 65.5 Å². The van der Waals surface area contributed by atoms with Crippen LogP contribution >= 0.6 is 0 Å². The summed E-state index contributed by atoms with van der Waals surface area (Å²) in [4.78, 5) is 24.7. The Morgan fingerprint density at radius 1 is 1.06 bits per heavy atom. The molecule has 1 heterocycles. The summed E-state index contributed by atoms with van der Waals surface area (Å²) in [7, 11) is -3.79. The molecule has 0 unspecified atom stereocenters. The molecule has 0 amide bonds. The quantitative estimate of drug-likeness (QED) is 0.457. The molecule has 0 radical (unpaired) electrons. The first-order valence-electron chi connectivity index (χ1n) is 11.0. The molecule has 33 heavy (non-hydrogen) atoms. The van der Waals surface area contributed by atoms with Gasteiger partial charge in [0, 0.05) is 18.2 Å². The van der Waals surface area contributed by atoms with Gasteiger partial charge in [-0.1, -0.05) is 26.8 Å². The summed E-state index contributed by atoms with van der Waals surface area (Å²) < 4.78 is 46.6. The Kier molecular flexibility index (Phi) is 5.95. The van der Waals surface area contributed by atoms with Gasteiger partial charge in [0.15, 0.2) is 12.4 Å². The lowest BCUT2D eigenvalue weighted by molar-refractivity contribution is 0.0474. The first-order chi connectivity index (χ1) is 15.4. The van der Waals surface area contributed by atoms with Crippen LogP contribution in [0.4, 0.5) is 4.39 Å². The van der Waals surface area contributed by atoms with Crippen LogP contribution in [0.3, 0.4) is 0 Å². The van der Waals surface area contributed by atoms with Gasteiger partial charge in [-0.05, 0) is 72.6 Å². The Bertz CT molecular complexity index is 1190. The van der Waals surface area contributed by atoms with Gasteiger partial charge in [-0.3, -0.25) is 4.79 Å². The second-order valence-electron chi connectivity index (χ2n) is 10.3. The third-order valence-corrected chi connectivity index (χ3v) is 8.44. The molecule has 1 saturated carbocycles. The number of halogens is 1. The van der Waals surface area contributed by atoms with Crippen molar-refractivity contribution in [2.75, 3.05) is 13.2 Å². The Hall–Kier alpha value is -2.58. The molecule has 2 fully saturated rings. The average molecular weight is 474 g/mol. The van der Waals surface area contributed by atoms with Crippen LogP contribution in [0.25, 0.3) is 0 Å². The molecular weight excluding hydrogens is 445 g/mol. The minimum absolute atomic E-state index is 0.0377. The largest absolute Gasteiger partial charge is 0.454 e. The van der Waals surface area contributed by atoms with Gasteiger partial charge in [0.25, 0.3) is 0 Å². The number of sulfonamides is 1. The van der Waals surface area contributed by atoms with E-state index in [4.69, 9.17) is 4.74 Å². The van der Waals surface area contributed by atoms with Crippen molar-refractivity contribution in [3.8, 4) is 0 Å². The van der Waals surface area contributed by atoms with E-state index in [1.165, 1.54) is 36.4 Å². The van der Waals surface area contributed by atoms with Crippen LogP contribution < -0.4 is 0 Å². The van der Waals surface area contributed by atoms with Gasteiger partial charge >= 0.3 is 5.97 Å². The van der Waals surface area contributed by atoms with Crippen molar-refractivity contribution < 1.29 is 27.1 Å². The van der Waals surface area contributed by atoms with E-state index in [0.717, 1.165) is 31.4 Å². The standard InChI is InChI=1S/C25H28FNO5S/c1-24(2)12-20-13-25(3,15-24)16-27(20)33(30,31)21-6-4-5-18(11-21)23(29)32-14-22(28)17-7-9-19(26)10-8-17/h4-11,20H,12-16H2,1-3H3/t20-,25-/m1/s1. The van der Waals surface area contributed by atoms with Crippen LogP contribution in [0.1, 0.15) is 60.7 Å². The Morgan fingerprint density at radius 2 is 1.76 bits per heavy atom. The average Bonchev–Trinajstić information content (AvgIpc) is 3.01. The number of hydrogen-bond donors (Lipinski definition) is 0. The second kappa shape index (κ2) is 8.33. The minimum atomic E-state index is -3.79. The van der Waals surface area contributed by atoms with Gasteiger partial charge in [-0.15, -0.1) is 0 Å². The summed E-state index contributed by atoms with van der Waals surface area (Å²) in [6.45, 7) is 6.44. The summed E-state index contributed by atoms with van der Waals surface area (Å²) in [5, 5.41) is 0. The van der Waals surface area contributed by atoms with Crippen molar-refractivity contribution in [3.63, 3.8) is 0 Å². The lowest BCUT2D eigenvalue weighted by atomic mass is 9.65. The number of ketones is 1.